The van der Waals surface area contributed by atoms with Gasteiger partial charge in [0.05, 0.1) is 0 Å². The average molecular weight is 459 g/mol. The molecule has 2 aromatic heterocycles. The zero-order valence-electron chi connectivity index (χ0n) is 15.6. The van der Waals surface area contributed by atoms with E-state index in [0.29, 0.717) is 12.6 Å². The lowest BCUT2D eigenvalue weighted by Gasteiger charge is -2.27. The van der Waals surface area contributed by atoms with Crippen LogP contribution in [0.2, 0.25) is 0 Å². The molecule has 0 spiro atoms. The summed E-state index contributed by atoms with van der Waals surface area (Å²) in [7, 11) is 0. The first-order chi connectivity index (χ1) is 11.7. The molecule has 0 fully saturated rings. The standard InChI is InChI=1S/C17H29N7.HI/c1-5-18-17(19-12-14(4)23(6-2)7-3)20-13-16-22-21-15-10-8-9-11-24(15)16;/h8-11,14H,5-7,12-13H2,1-4H3,(H2,18,19,20);1H. The van der Waals surface area contributed by atoms with Crippen molar-refractivity contribution < 1.29 is 0 Å². The fourth-order valence-electron chi connectivity index (χ4n) is 2.71. The molecule has 8 heteroatoms. The molecule has 7 nitrogen and oxygen atoms in total. The second kappa shape index (κ2) is 11.2. The van der Waals surface area contributed by atoms with Crippen molar-refractivity contribution >= 4 is 35.6 Å². The number of guanidine groups is 1. The molecule has 0 aliphatic rings. The number of halogens is 1. The number of pyridine rings is 1. The Morgan fingerprint density at radius 3 is 2.64 bits per heavy atom. The van der Waals surface area contributed by atoms with Crippen LogP contribution in [-0.4, -0.2) is 57.7 Å². The van der Waals surface area contributed by atoms with E-state index in [0.717, 1.165) is 43.6 Å². The summed E-state index contributed by atoms with van der Waals surface area (Å²) in [6.07, 6.45) is 1.96. The number of nitrogens with one attached hydrogen (secondary N) is 2. The number of likely N-dealkylation sites (N-methyl/N-ethyl adjacent to an activating group) is 1. The molecule has 2 aromatic rings. The molecule has 25 heavy (non-hydrogen) atoms. The van der Waals surface area contributed by atoms with E-state index in [2.05, 4.69) is 58.4 Å². The van der Waals surface area contributed by atoms with E-state index in [1.807, 2.05) is 28.8 Å². The van der Waals surface area contributed by atoms with Gasteiger partial charge in [-0.05, 0) is 39.1 Å². The van der Waals surface area contributed by atoms with E-state index >= 15 is 0 Å². The molecule has 2 rings (SSSR count). The maximum absolute atomic E-state index is 4.64. The lowest BCUT2D eigenvalue weighted by Crippen LogP contribution is -2.46. The van der Waals surface area contributed by atoms with E-state index in [4.69, 9.17) is 0 Å². The van der Waals surface area contributed by atoms with Crippen molar-refractivity contribution in [2.45, 2.75) is 40.3 Å². The van der Waals surface area contributed by atoms with Gasteiger partial charge in [-0.2, -0.15) is 0 Å². The molecule has 2 heterocycles. The Morgan fingerprint density at radius 1 is 1.20 bits per heavy atom. The molecule has 0 aliphatic carbocycles. The highest BCUT2D eigenvalue weighted by molar-refractivity contribution is 14.0. The van der Waals surface area contributed by atoms with Crippen molar-refractivity contribution in [2.75, 3.05) is 26.2 Å². The summed E-state index contributed by atoms with van der Waals surface area (Å²) in [5.74, 6) is 1.64. The molecule has 0 saturated heterocycles. The summed E-state index contributed by atoms with van der Waals surface area (Å²) < 4.78 is 1.96. The van der Waals surface area contributed by atoms with Crippen LogP contribution in [0.1, 0.15) is 33.5 Å². The van der Waals surface area contributed by atoms with Gasteiger partial charge in [-0.25, -0.2) is 4.99 Å². The van der Waals surface area contributed by atoms with E-state index in [1.165, 1.54) is 0 Å². The highest BCUT2D eigenvalue weighted by Gasteiger charge is 2.10. The predicted molar refractivity (Wildman–Crippen MR) is 114 cm³/mol. The quantitative estimate of drug-likeness (QED) is 0.360. The zero-order chi connectivity index (χ0) is 17.4. The molecule has 0 amide bonds. The molecule has 2 N–H and O–H groups in total. The zero-order valence-corrected chi connectivity index (χ0v) is 17.9. The van der Waals surface area contributed by atoms with Gasteiger partial charge in [0.15, 0.2) is 17.4 Å². The largest absolute Gasteiger partial charge is 0.357 e. The molecule has 0 aliphatic heterocycles. The first-order valence-electron chi connectivity index (χ1n) is 8.74. The Labute approximate surface area is 167 Å². The minimum Gasteiger partial charge on any atom is -0.357 e. The predicted octanol–water partition coefficient (Wildman–Crippen LogP) is 2.13. The van der Waals surface area contributed by atoms with Crippen LogP contribution in [0.15, 0.2) is 29.4 Å². The van der Waals surface area contributed by atoms with Crippen molar-refractivity contribution in [3.63, 3.8) is 0 Å². The van der Waals surface area contributed by atoms with Gasteiger partial charge in [0.2, 0.25) is 0 Å². The van der Waals surface area contributed by atoms with Gasteiger partial charge < -0.3 is 10.6 Å². The normalized spacial score (nSPS) is 12.9. The van der Waals surface area contributed by atoms with Crippen LogP contribution in [0, 0.1) is 0 Å². The summed E-state index contributed by atoms with van der Waals surface area (Å²) in [5, 5.41) is 15.1. The summed E-state index contributed by atoms with van der Waals surface area (Å²) in [4.78, 5) is 7.06. The maximum Gasteiger partial charge on any atom is 0.191 e. The number of nitrogens with zero attached hydrogens (tertiary/aromatic N) is 5. The Hall–Kier alpha value is -1.42. The van der Waals surface area contributed by atoms with Gasteiger partial charge in [-0.3, -0.25) is 9.30 Å². The third kappa shape index (κ3) is 6.10. The molecule has 0 aromatic carbocycles. The Kier molecular flexibility index (Phi) is 9.73. The van der Waals surface area contributed by atoms with Gasteiger partial charge in [0.1, 0.15) is 6.54 Å². The van der Waals surface area contributed by atoms with Crippen LogP contribution in [0.4, 0.5) is 0 Å². The summed E-state index contributed by atoms with van der Waals surface area (Å²) >= 11 is 0. The van der Waals surface area contributed by atoms with Crippen LogP contribution in [0.3, 0.4) is 0 Å². The molecule has 0 radical (unpaired) electrons. The van der Waals surface area contributed by atoms with Gasteiger partial charge in [0.25, 0.3) is 0 Å². The van der Waals surface area contributed by atoms with Crippen molar-refractivity contribution in [2.24, 2.45) is 4.99 Å². The maximum atomic E-state index is 4.64. The van der Waals surface area contributed by atoms with E-state index in [9.17, 15) is 0 Å². The third-order valence-corrected chi connectivity index (χ3v) is 4.11. The number of fused-ring (bicyclic) bond motifs is 1. The SMILES string of the molecule is CCNC(=NCc1nnc2ccccn12)NCC(C)N(CC)CC.I. The first kappa shape index (κ1) is 21.6. The van der Waals surface area contributed by atoms with Gasteiger partial charge >= 0.3 is 0 Å². The summed E-state index contributed by atoms with van der Waals surface area (Å²) in [5.41, 5.74) is 0.843. The van der Waals surface area contributed by atoms with E-state index in [1.54, 1.807) is 0 Å². The molecule has 1 atom stereocenters. The lowest BCUT2D eigenvalue weighted by atomic mass is 10.3. The third-order valence-electron chi connectivity index (χ3n) is 4.11. The summed E-state index contributed by atoms with van der Waals surface area (Å²) in [6.45, 7) is 13.0. The number of aromatic nitrogens is 3. The average Bonchev–Trinajstić information content (AvgIpc) is 3.01. The minimum atomic E-state index is 0. The monoisotopic (exact) mass is 459 g/mol. The van der Waals surface area contributed by atoms with E-state index < -0.39 is 0 Å². The molecule has 140 valence electrons. The van der Waals surface area contributed by atoms with Gasteiger partial charge in [-0.1, -0.05) is 19.9 Å². The molecule has 0 saturated carbocycles. The van der Waals surface area contributed by atoms with Gasteiger partial charge in [-0.15, -0.1) is 34.2 Å². The molecule has 1 unspecified atom stereocenters. The lowest BCUT2D eigenvalue weighted by molar-refractivity contribution is 0.231. The molecular formula is C17H30IN7. The highest BCUT2D eigenvalue weighted by Crippen LogP contribution is 2.04. The second-order valence-electron chi connectivity index (χ2n) is 5.69. The number of hydrogen-bond donors (Lipinski definition) is 2. The van der Waals surface area contributed by atoms with E-state index in [-0.39, 0.29) is 24.0 Å². The Balaban J connectivity index is 0.00000312. The van der Waals surface area contributed by atoms with Crippen LogP contribution in [-0.2, 0) is 6.54 Å². The molecule has 0 bridgehead atoms. The van der Waals surface area contributed by atoms with Crippen molar-refractivity contribution in [3.8, 4) is 0 Å². The Morgan fingerprint density at radius 2 is 1.96 bits per heavy atom. The highest BCUT2D eigenvalue weighted by atomic mass is 127. The Bertz CT molecular complexity index is 651. The van der Waals surface area contributed by atoms with Crippen molar-refractivity contribution in [1.82, 2.24) is 30.1 Å². The smallest absolute Gasteiger partial charge is 0.191 e. The fourth-order valence-corrected chi connectivity index (χ4v) is 2.71. The number of rotatable bonds is 8. The van der Waals surface area contributed by atoms with Crippen LogP contribution < -0.4 is 10.6 Å². The van der Waals surface area contributed by atoms with Crippen molar-refractivity contribution in [3.05, 3.63) is 30.2 Å². The minimum absolute atomic E-state index is 0. The van der Waals surface area contributed by atoms with Crippen LogP contribution >= 0.6 is 24.0 Å². The second-order valence-corrected chi connectivity index (χ2v) is 5.69. The fraction of sp³-hybridized carbons (Fsp3) is 0.588. The van der Waals surface area contributed by atoms with Gasteiger partial charge in [0, 0.05) is 25.3 Å². The number of hydrogen-bond acceptors (Lipinski definition) is 4. The topological polar surface area (TPSA) is 69.8 Å². The number of aliphatic imine (C=N–C) groups is 1. The van der Waals surface area contributed by atoms with Crippen LogP contribution in [0.5, 0.6) is 0 Å². The first-order valence-corrected chi connectivity index (χ1v) is 8.74. The van der Waals surface area contributed by atoms with Crippen molar-refractivity contribution in [1.29, 1.82) is 0 Å². The molecular weight excluding hydrogens is 429 g/mol. The summed E-state index contributed by atoms with van der Waals surface area (Å²) in [6, 6.07) is 6.32. The van der Waals surface area contributed by atoms with Crippen LogP contribution in [0.25, 0.3) is 5.65 Å².